The lowest BCUT2D eigenvalue weighted by Gasteiger charge is -2.14. The molecule has 0 saturated heterocycles. The zero-order valence-electron chi connectivity index (χ0n) is 11.0. The van der Waals surface area contributed by atoms with Crippen molar-refractivity contribution >= 4 is 11.5 Å². The molecular weight excluding hydrogens is 244 g/mol. The summed E-state index contributed by atoms with van der Waals surface area (Å²) in [6, 6.07) is 0.0293. The second-order valence-electron chi connectivity index (χ2n) is 4.44. The summed E-state index contributed by atoms with van der Waals surface area (Å²) < 4.78 is 7.00. The van der Waals surface area contributed by atoms with E-state index in [2.05, 4.69) is 25.7 Å². The predicted octanol–water partition coefficient (Wildman–Crippen LogP) is 1.90. The van der Waals surface area contributed by atoms with Crippen molar-refractivity contribution in [2.75, 3.05) is 5.32 Å². The monoisotopic (exact) mass is 258 g/mol. The number of rotatable bonds is 3. The standard InChI is InChI=1S/C12H14N6O/c1-7(10-8(2)17-19-9(10)3)15-11-12-16-14-6-18(12)5-4-13-11/h4-7H,1-3H3,(H,13,15). The average Bonchev–Trinajstić information content (AvgIpc) is 2.97. The van der Waals surface area contributed by atoms with E-state index in [0.29, 0.717) is 11.5 Å². The molecule has 0 aliphatic carbocycles. The first kappa shape index (κ1) is 11.6. The minimum absolute atomic E-state index is 0.0293. The highest BCUT2D eigenvalue weighted by molar-refractivity contribution is 5.62. The van der Waals surface area contributed by atoms with Crippen molar-refractivity contribution in [2.24, 2.45) is 0 Å². The van der Waals surface area contributed by atoms with Gasteiger partial charge in [0.25, 0.3) is 0 Å². The van der Waals surface area contributed by atoms with Crippen LogP contribution in [-0.4, -0.2) is 24.7 Å². The smallest absolute Gasteiger partial charge is 0.203 e. The van der Waals surface area contributed by atoms with Gasteiger partial charge in [-0.2, -0.15) is 0 Å². The van der Waals surface area contributed by atoms with Gasteiger partial charge < -0.3 is 9.84 Å². The summed E-state index contributed by atoms with van der Waals surface area (Å²) in [5, 5.41) is 15.2. The molecule has 3 aromatic rings. The SMILES string of the molecule is Cc1noc(C)c1C(C)Nc1nccn2cnnc12. The minimum Gasteiger partial charge on any atom is -0.361 e. The fourth-order valence-electron chi connectivity index (χ4n) is 2.25. The topological polar surface area (TPSA) is 81.1 Å². The molecule has 3 aromatic heterocycles. The van der Waals surface area contributed by atoms with E-state index in [0.717, 1.165) is 17.0 Å². The molecule has 19 heavy (non-hydrogen) atoms. The number of nitrogens with one attached hydrogen (secondary N) is 1. The molecule has 7 nitrogen and oxygen atoms in total. The van der Waals surface area contributed by atoms with Gasteiger partial charge in [0, 0.05) is 18.0 Å². The summed E-state index contributed by atoms with van der Waals surface area (Å²) in [6.07, 6.45) is 5.16. The van der Waals surface area contributed by atoms with Crippen molar-refractivity contribution in [1.82, 2.24) is 24.7 Å². The maximum Gasteiger partial charge on any atom is 0.203 e. The molecule has 1 atom stereocenters. The van der Waals surface area contributed by atoms with Gasteiger partial charge in [0.15, 0.2) is 5.82 Å². The molecule has 0 aliphatic rings. The van der Waals surface area contributed by atoms with Gasteiger partial charge in [-0.1, -0.05) is 5.16 Å². The second kappa shape index (κ2) is 4.34. The number of anilines is 1. The normalized spacial score (nSPS) is 12.8. The van der Waals surface area contributed by atoms with Gasteiger partial charge in [-0.15, -0.1) is 10.2 Å². The Hall–Kier alpha value is -2.44. The van der Waals surface area contributed by atoms with Gasteiger partial charge in [0.05, 0.1) is 11.7 Å². The number of aromatic nitrogens is 5. The number of hydrogen-bond acceptors (Lipinski definition) is 6. The van der Waals surface area contributed by atoms with Crippen molar-refractivity contribution in [1.29, 1.82) is 0 Å². The quantitative estimate of drug-likeness (QED) is 0.772. The Kier molecular flexibility index (Phi) is 2.66. The predicted molar refractivity (Wildman–Crippen MR) is 68.8 cm³/mol. The summed E-state index contributed by atoms with van der Waals surface area (Å²) in [5.74, 6) is 1.50. The van der Waals surface area contributed by atoms with E-state index in [4.69, 9.17) is 4.52 Å². The van der Waals surface area contributed by atoms with Crippen LogP contribution in [0.1, 0.15) is 30.0 Å². The molecule has 0 radical (unpaired) electrons. The lowest BCUT2D eigenvalue weighted by Crippen LogP contribution is -2.10. The lowest BCUT2D eigenvalue weighted by atomic mass is 10.1. The van der Waals surface area contributed by atoms with Crippen molar-refractivity contribution in [3.8, 4) is 0 Å². The average molecular weight is 258 g/mol. The highest BCUT2D eigenvalue weighted by atomic mass is 16.5. The Bertz CT molecular complexity index is 696. The van der Waals surface area contributed by atoms with Gasteiger partial charge in [0.1, 0.15) is 12.1 Å². The first-order valence-corrected chi connectivity index (χ1v) is 6.00. The van der Waals surface area contributed by atoms with Gasteiger partial charge in [-0.05, 0) is 20.8 Å². The van der Waals surface area contributed by atoms with Gasteiger partial charge in [-0.3, -0.25) is 4.40 Å². The van der Waals surface area contributed by atoms with Crippen LogP contribution in [0.15, 0.2) is 23.2 Å². The van der Waals surface area contributed by atoms with E-state index in [-0.39, 0.29) is 6.04 Å². The lowest BCUT2D eigenvalue weighted by molar-refractivity contribution is 0.392. The Morgan fingerprint density at radius 2 is 2.21 bits per heavy atom. The van der Waals surface area contributed by atoms with Crippen LogP contribution in [0.5, 0.6) is 0 Å². The van der Waals surface area contributed by atoms with E-state index in [1.54, 1.807) is 18.7 Å². The molecule has 3 rings (SSSR count). The highest BCUT2D eigenvalue weighted by Crippen LogP contribution is 2.25. The summed E-state index contributed by atoms with van der Waals surface area (Å²) in [7, 11) is 0. The number of hydrogen-bond donors (Lipinski definition) is 1. The number of fused-ring (bicyclic) bond motifs is 1. The van der Waals surface area contributed by atoms with Crippen LogP contribution in [0, 0.1) is 13.8 Å². The summed E-state index contributed by atoms with van der Waals surface area (Å²) in [4.78, 5) is 4.30. The van der Waals surface area contributed by atoms with E-state index in [9.17, 15) is 0 Å². The van der Waals surface area contributed by atoms with E-state index in [1.807, 2.05) is 25.2 Å². The van der Waals surface area contributed by atoms with E-state index >= 15 is 0 Å². The molecule has 1 N–H and O–H groups in total. The molecule has 3 heterocycles. The third-order valence-corrected chi connectivity index (χ3v) is 3.09. The Morgan fingerprint density at radius 1 is 1.37 bits per heavy atom. The molecule has 98 valence electrons. The zero-order chi connectivity index (χ0) is 13.4. The largest absolute Gasteiger partial charge is 0.361 e. The maximum atomic E-state index is 5.18. The molecule has 7 heteroatoms. The summed E-state index contributed by atoms with van der Waals surface area (Å²) >= 11 is 0. The summed E-state index contributed by atoms with van der Waals surface area (Å²) in [6.45, 7) is 5.86. The van der Waals surface area contributed by atoms with Gasteiger partial charge in [-0.25, -0.2) is 4.98 Å². The molecule has 0 spiro atoms. The van der Waals surface area contributed by atoms with Crippen molar-refractivity contribution in [3.05, 3.63) is 35.7 Å². The Balaban J connectivity index is 1.95. The van der Waals surface area contributed by atoms with Crippen LogP contribution in [0.3, 0.4) is 0 Å². The first-order chi connectivity index (χ1) is 9.16. The number of nitrogens with zero attached hydrogens (tertiary/aromatic N) is 5. The van der Waals surface area contributed by atoms with Crippen LogP contribution in [0.4, 0.5) is 5.82 Å². The Morgan fingerprint density at radius 3 is 2.95 bits per heavy atom. The van der Waals surface area contributed by atoms with E-state index < -0.39 is 0 Å². The maximum absolute atomic E-state index is 5.18. The van der Waals surface area contributed by atoms with Crippen LogP contribution >= 0.6 is 0 Å². The van der Waals surface area contributed by atoms with Gasteiger partial charge >= 0.3 is 0 Å². The van der Waals surface area contributed by atoms with Gasteiger partial charge in [0.2, 0.25) is 5.65 Å². The second-order valence-corrected chi connectivity index (χ2v) is 4.44. The molecule has 0 aliphatic heterocycles. The molecule has 0 amide bonds. The fraction of sp³-hybridized carbons (Fsp3) is 0.333. The molecule has 0 aromatic carbocycles. The molecule has 0 fully saturated rings. The summed E-state index contributed by atoms with van der Waals surface area (Å²) in [5.41, 5.74) is 2.62. The number of aryl methyl sites for hydroxylation is 2. The van der Waals surface area contributed by atoms with Crippen LogP contribution < -0.4 is 5.32 Å². The van der Waals surface area contributed by atoms with Crippen molar-refractivity contribution in [3.63, 3.8) is 0 Å². The highest BCUT2D eigenvalue weighted by Gasteiger charge is 2.17. The van der Waals surface area contributed by atoms with Crippen molar-refractivity contribution in [2.45, 2.75) is 26.8 Å². The van der Waals surface area contributed by atoms with E-state index in [1.165, 1.54) is 0 Å². The Labute approximate surface area is 109 Å². The van der Waals surface area contributed by atoms with Crippen LogP contribution in [0.2, 0.25) is 0 Å². The minimum atomic E-state index is 0.0293. The first-order valence-electron chi connectivity index (χ1n) is 6.00. The molecule has 0 bridgehead atoms. The van der Waals surface area contributed by atoms with Crippen LogP contribution in [-0.2, 0) is 0 Å². The van der Waals surface area contributed by atoms with Crippen LogP contribution in [0.25, 0.3) is 5.65 Å². The third kappa shape index (κ3) is 1.92. The third-order valence-electron chi connectivity index (χ3n) is 3.09. The fourth-order valence-corrected chi connectivity index (χ4v) is 2.25. The van der Waals surface area contributed by atoms with Crippen molar-refractivity contribution < 1.29 is 4.52 Å². The molecular formula is C12H14N6O. The molecule has 1 unspecified atom stereocenters. The molecule has 0 saturated carbocycles. The zero-order valence-corrected chi connectivity index (χ0v) is 11.0.